The molecule has 0 fully saturated rings. The van der Waals surface area contributed by atoms with Gasteiger partial charge in [0.25, 0.3) is 0 Å². The molecule has 6 heteroatoms. The SMILES string of the molecule is Oc1ccc2c(c1)Oc1cc(O/C=C/CSc3cccnc3)ccc1C21OCc2ccccc21. The number of hydrogen-bond acceptors (Lipinski definition) is 6. The molecule has 3 aromatic carbocycles. The average molecular weight is 468 g/mol. The summed E-state index contributed by atoms with van der Waals surface area (Å²) in [7, 11) is 0. The summed E-state index contributed by atoms with van der Waals surface area (Å²) < 4.78 is 18.6. The van der Waals surface area contributed by atoms with Gasteiger partial charge in [0.1, 0.15) is 23.0 Å². The number of thioether (sulfide) groups is 1. The highest BCUT2D eigenvalue weighted by molar-refractivity contribution is 7.99. The largest absolute Gasteiger partial charge is 0.508 e. The molecular formula is C28H21NO4S. The summed E-state index contributed by atoms with van der Waals surface area (Å²) in [6.07, 6.45) is 7.25. The molecule has 5 nitrogen and oxygen atoms in total. The van der Waals surface area contributed by atoms with Crippen molar-refractivity contribution in [1.82, 2.24) is 4.98 Å². The molecule has 1 spiro atoms. The zero-order chi connectivity index (χ0) is 23.0. The zero-order valence-corrected chi connectivity index (χ0v) is 19.0. The van der Waals surface area contributed by atoms with E-state index >= 15 is 0 Å². The molecule has 2 aliphatic rings. The van der Waals surface area contributed by atoms with Gasteiger partial charge in [-0.25, -0.2) is 0 Å². The van der Waals surface area contributed by atoms with E-state index in [1.165, 1.54) is 0 Å². The summed E-state index contributed by atoms with van der Waals surface area (Å²) in [6, 6.07) is 23.2. The normalized spacial score (nSPS) is 17.8. The topological polar surface area (TPSA) is 60.8 Å². The number of rotatable bonds is 5. The Morgan fingerprint density at radius 1 is 0.971 bits per heavy atom. The molecule has 168 valence electrons. The Balaban J connectivity index is 1.31. The van der Waals surface area contributed by atoms with Gasteiger partial charge in [-0.3, -0.25) is 4.98 Å². The molecule has 6 rings (SSSR count). The van der Waals surface area contributed by atoms with Crippen molar-refractivity contribution in [3.63, 3.8) is 0 Å². The van der Waals surface area contributed by atoms with Crippen LogP contribution in [0.4, 0.5) is 0 Å². The number of nitrogens with zero attached hydrogens (tertiary/aromatic N) is 1. The van der Waals surface area contributed by atoms with Gasteiger partial charge in [0.15, 0.2) is 5.60 Å². The monoisotopic (exact) mass is 467 g/mol. The number of hydrogen-bond donors (Lipinski definition) is 1. The fraction of sp³-hybridized carbons (Fsp3) is 0.107. The lowest BCUT2D eigenvalue weighted by molar-refractivity contribution is 0.0198. The Morgan fingerprint density at radius 2 is 1.82 bits per heavy atom. The van der Waals surface area contributed by atoms with Crippen LogP contribution in [-0.2, 0) is 16.9 Å². The molecule has 1 atom stereocenters. The van der Waals surface area contributed by atoms with Gasteiger partial charge >= 0.3 is 0 Å². The molecule has 0 saturated heterocycles. The van der Waals surface area contributed by atoms with Gasteiger partial charge in [-0.2, -0.15) is 0 Å². The number of ether oxygens (including phenoxy) is 3. The second-order valence-electron chi connectivity index (χ2n) is 8.06. The number of pyridine rings is 1. The van der Waals surface area contributed by atoms with Crippen LogP contribution in [0.1, 0.15) is 22.3 Å². The molecule has 4 aromatic rings. The zero-order valence-electron chi connectivity index (χ0n) is 18.2. The Kier molecular flexibility index (Phi) is 5.24. The molecule has 3 heterocycles. The van der Waals surface area contributed by atoms with Crippen LogP contribution in [0.15, 0.2) is 102 Å². The van der Waals surface area contributed by atoms with Crippen LogP contribution in [0.5, 0.6) is 23.0 Å². The predicted molar refractivity (Wildman–Crippen MR) is 130 cm³/mol. The number of phenolic OH excluding ortho intramolecular Hbond substituents is 1. The van der Waals surface area contributed by atoms with Gasteiger partial charge in [-0.15, -0.1) is 11.8 Å². The summed E-state index contributed by atoms with van der Waals surface area (Å²) in [5.41, 5.74) is 3.24. The van der Waals surface area contributed by atoms with Crippen molar-refractivity contribution in [2.45, 2.75) is 17.1 Å². The highest BCUT2D eigenvalue weighted by atomic mass is 32.2. The molecule has 1 N–H and O–H groups in total. The van der Waals surface area contributed by atoms with E-state index in [1.54, 1.807) is 36.4 Å². The predicted octanol–water partition coefficient (Wildman–Crippen LogP) is 6.40. The van der Waals surface area contributed by atoms with E-state index in [0.29, 0.717) is 23.9 Å². The number of phenols is 1. The van der Waals surface area contributed by atoms with Crippen molar-refractivity contribution >= 4 is 11.8 Å². The Morgan fingerprint density at radius 3 is 2.71 bits per heavy atom. The van der Waals surface area contributed by atoms with Crippen molar-refractivity contribution in [2.75, 3.05) is 5.75 Å². The summed E-state index contributed by atoms with van der Waals surface area (Å²) in [4.78, 5) is 5.23. The second-order valence-corrected chi connectivity index (χ2v) is 9.15. The van der Waals surface area contributed by atoms with Crippen LogP contribution in [0.25, 0.3) is 0 Å². The fourth-order valence-electron chi connectivity index (χ4n) is 4.54. The Hall–Kier alpha value is -3.74. The van der Waals surface area contributed by atoms with E-state index in [0.717, 1.165) is 32.9 Å². The summed E-state index contributed by atoms with van der Waals surface area (Å²) in [5.74, 6) is 2.79. The average Bonchev–Trinajstić information content (AvgIpc) is 3.24. The molecule has 0 aliphatic carbocycles. The van der Waals surface area contributed by atoms with E-state index in [9.17, 15) is 5.11 Å². The molecule has 2 aliphatic heterocycles. The van der Waals surface area contributed by atoms with Crippen LogP contribution in [0.3, 0.4) is 0 Å². The maximum atomic E-state index is 10.1. The summed E-state index contributed by atoms with van der Waals surface area (Å²) in [6.45, 7) is 0.505. The minimum Gasteiger partial charge on any atom is -0.508 e. The molecule has 0 saturated carbocycles. The van der Waals surface area contributed by atoms with Crippen molar-refractivity contribution in [1.29, 1.82) is 0 Å². The highest BCUT2D eigenvalue weighted by Crippen LogP contribution is 2.56. The maximum Gasteiger partial charge on any atom is 0.151 e. The quantitative estimate of drug-likeness (QED) is 0.271. The van der Waals surface area contributed by atoms with Crippen molar-refractivity contribution in [2.24, 2.45) is 0 Å². The summed E-state index contributed by atoms with van der Waals surface area (Å²) in [5, 5.41) is 10.1. The first-order chi connectivity index (χ1) is 16.7. The van der Waals surface area contributed by atoms with E-state index in [2.05, 4.69) is 17.1 Å². The third kappa shape index (κ3) is 3.52. The van der Waals surface area contributed by atoms with Crippen LogP contribution < -0.4 is 9.47 Å². The first kappa shape index (κ1) is 20.8. The standard InChI is InChI=1S/C28H21NO4S/c30-20-8-10-24-26(15-20)33-27-16-21(31-13-4-14-34-22-6-3-12-29-17-22)9-11-25(27)28(24)23-7-2-1-5-19(23)18-32-28/h1-13,15-17,30H,14,18H2/b13-4+. The number of aromatic nitrogens is 1. The molecule has 0 radical (unpaired) electrons. The van der Waals surface area contributed by atoms with E-state index in [4.69, 9.17) is 14.2 Å². The molecule has 1 aromatic heterocycles. The number of benzene rings is 3. The van der Waals surface area contributed by atoms with E-state index in [-0.39, 0.29) is 5.75 Å². The lowest BCUT2D eigenvalue weighted by Crippen LogP contribution is -2.32. The Labute approximate surface area is 201 Å². The third-order valence-electron chi connectivity index (χ3n) is 6.02. The molecule has 0 bridgehead atoms. The van der Waals surface area contributed by atoms with Gasteiger partial charge in [0.2, 0.25) is 0 Å². The van der Waals surface area contributed by atoms with Crippen LogP contribution >= 0.6 is 11.8 Å². The molecule has 1 unspecified atom stereocenters. The van der Waals surface area contributed by atoms with Gasteiger partial charge in [-0.1, -0.05) is 24.3 Å². The van der Waals surface area contributed by atoms with E-state index in [1.807, 2.05) is 60.8 Å². The van der Waals surface area contributed by atoms with Gasteiger partial charge < -0.3 is 19.3 Å². The van der Waals surface area contributed by atoms with Gasteiger partial charge in [0, 0.05) is 46.3 Å². The maximum absolute atomic E-state index is 10.1. The minimum atomic E-state index is -0.790. The van der Waals surface area contributed by atoms with Crippen LogP contribution in [0.2, 0.25) is 0 Å². The van der Waals surface area contributed by atoms with Crippen molar-refractivity contribution < 1.29 is 19.3 Å². The number of fused-ring (bicyclic) bond motifs is 6. The smallest absolute Gasteiger partial charge is 0.151 e. The van der Waals surface area contributed by atoms with Gasteiger partial charge in [0.05, 0.1) is 12.9 Å². The third-order valence-corrected chi connectivity index (χ3v) is 6.95. The Bertz CT molecular complexity index is 1390. The summed E-state index contributed by atoms with van der Waals surface area (Å²) >= 11 is 1.68. The van der Waals surface area contributed by atoms with Crippen LogP contribution in [-0.4, -0.2) is 15.8 Å². The van der Waals surface area contributed by atoms with Crippen LogP contribution in [0, 0.1) is 0 Å². The van der Waals surface area contributed by atoms with Crippen molar-refractivity contribution in [3.05, 3.63) is 120 Å². The minimum absolute atomic E-state index is 0.144. The van der Waals surface area contributed by atoms with E-state index < -0.39 is 5.60 Å². The molecular weight excluding hydrogens is 446 g/mol. The lowest BCUT2D eigenvalue weighted by Gasteiger charge is -2.37. The van der Waals surface area contributed by atoms with Gasteiger partial charge in [-0.05, 0) is 53.6 Å². The van der Waals surface area contributed by atoms with Crippen molar-refractivity contribution in [3.8, 4) is 23.0 Å². The highest BCUT2D eigenvalue weighted by Gasteiger charge is 2.49. The lowest BCUT2D eigenvalue weighted by atomic mass is 9.77. The second kappa shape index (κ2) is 8.56. The molecule has 0 amide bonds. The first-order valence-corrected chi connectivity index (χ1v) is 12.0. The number of aromatic hydroxyl groups is 1. The molecule has 34 heavy (non-hydrogen) atoms. The first-order valence-electron chi connectivity index (χ1n) is 11.0. The fourth-order valence-corrected chi connectivity index (χ4v) is 5.22.